The van der Waals surface area contributed by atoms with Crippen LogP contribution in [-0.4, -0.2) is 43.1 Å². The van der Waals surface area contributed by atoms with E-state index in [0.29, 0.717) is 23.9 Å². The summed E-state index contributed by atoms with van der Waals surface area (Å²) in [6.07, 6.45) is 1.74. The lowest BCUT2D eigenvalue weighted by atomic mass is 10.0. The van der Waals surface area contributed by atoms with Crippen LogP contribution in [0.2, 0.25) is 5.02 Å². The molecular formula is C20H23ClN4O3. The molecule has 0 bridgehead atoms. The first-order valence-corrected chi connectivity index (χ1v) is 9.50. The Bertz CT molecular complexity index is 805. The third-order valence-electron chi connectivity index (χ3n) is 4.41. The fraction of sp³-hybridized carbons (Fsp3) is 0.350. The number of aromatic nitrogens is 1. The Balaban J connectivity index is 1.62. The predicted molar refractivity (Wildman–Crippen MR) is 109 cm³/mol. The van der Waals surface area contributed by atoms with Crippen molar-refractivity contribution in [1.82, 2.24) is 10.3 Å². The highest BCUT2D eigenvalue weighted by Gasteiger charge is 2.18. The van der Waals surface area contributed by atoms with Gasteiger partial charge in [0.05, 0.1) is 37.6 Å². The molecule has 28 heavy (non-hydrogen) atoms. The number of rotatable bonds is 6. The number of morpholine rings is 1. The van der Waals surface area contributed by atoms with Crippen LogP contribution >= 0.6 is 11.6 Å². The standard InChI is InChI=1S/C20H23ClN4O3/c1-14(26)23-18(15-2-4-16(21)5-3-15)12-20(27)24-17-6-7-19(22-13-17)25-8-10-28-11-9-25/h2-7,13,18H,8-12H2,1H3,(H,23,26)(H,24,27). The monoisotopic (exact) mass is 402 g/mol. The smallest absolute Gasteiger partial charge is 0.226 e. The quantitative estimate of drug-likeness (QED) is 0.776. The zero-order valence-corrected chi connectivity index (χ0v) is 16.4. The molecule has 1 aromatic carbocycles. The second-order valence-electron chi connectivity index (χ2n) is 6.56. The Morgan fingerprint density at radius 1 is 1.18 bits per heavy atom. The molecule has 1 fully saturated rings. The minimum absolute atomic E-state index is 0.104. The van der Waals surface area contributed by atoms with Crippen LogP contribution in [0.1, 0.15) is 24.9 Å². The van der Waals surface area contributed by atoms with E-state index in [9.17, 15) is 9.59 Å². The second-order valence-corrected chi connectivity index (χ2v) is 7.00. The molecule has 1 aliphatic rings. The predicted octanol–water partition coefficient (Wildman–Crippen LogP) is 2.78. The van der Waals surface area contributed by atoms with Gasteiger partial charge in [0.25, 0.3) is 0 Å². The summed E-state index contributed by atoms with van der Waals surface area (Å²) in [6.45, 7) is 4.41. The summed E-state index contributed by atoms with van der Waals surface area (Å²) in [5.41, 5.74) is 1.43. The van der Waals surface area contributed by atoms with Gasteiger partial charge in [-0.2, -0.15) is 0 Å². The number of nitrogens with one attached hydrogen (secondary N) is 2. The van der Waals surface area contributed by atoms with E-state index < -0.39 is 6.04 Å². The van der Waals surface area contributed by atoms with Gasteiger partial charge in [-0.1, -0.05) is 23.7 Å². The summed E-state index contributed by atoms with van der Waals surface area (Å²) < 4.78 is 5.34. The molecular weight excluding hydrogens is 380 g/mol. The van der Waals surface area contributed by atoms with Crippen molar-refractivity contribution in [2.24, 2.45) is 0 Å². The highest BCUT2D eigenvalue weighted by molar-refractivity contribution is 6.30. The average molecular weight is 403 g/mol. The molecule has 8 heteroatoms. The molecule has 0 spiro atoms. The molecule has 2 aromatic rings. The van der Waals surface area contributed by atoms with Crippen LogP contribution in [0.5, 0.6) is 0 Å². The summed E-state index contributed by atoms with van der Waals surface area (Å²) in [6, 6.07) is 10.3. The second kappa shape index (κ2) is 9.52. The molecule has 1 atom stereocenters. The number of hydrogen-bond donors (Lipinski definition) is 2. The van der Waals surface area contributed by atoms with Crippen LogP contribution < -0.4 is 15.5 Å². The Kier molecular flexibility index (Phi) is 6.84. The van der Waals surface area contributed by atoms with Gasteiger partial charge in [0.1, 0.15) is 5.82 Å². The van der Waals surface area contributed by atoms with Gasteiger partial charge in [-0.25, -0.2) is 4.98 Å². The number of carbonyl (C=O) groups excluding carboxylic acids is 2. The average Bonchev–Trinajstić information content (AvgIpc) is 2.69. The lowest BCUT2D eigenvalue weighted by Crippen LogP contribution is -2.36. The normalized spacial score (nSPS) is 15.0. The summed E-state index contributed by atoms with van der Waals surface area (Å²) in [5, 5.41) is 6.24. The Morgan fingerprint density at radius 2 is 1.89 bits per heavy atom. The first-order chi connectivity index (χ1) is 13.5. The van der Waals surface area contributed by atoms with Gasteiger partial charge in [0, 0.05) is 25.0 Å². The summed E-state index contributed by atoms with van der Waals surface area (Å²) in [5.74, 6) is 0.442. The van der Waals surface area contributed by atoms with Crippen molar-refractivity contribution >= 4 is 34.9 Å². The van der Waals surface area contributed by atoms with Crippen LogP contribution in [0.15, 0.2) is 42.6 Å². The van der Waals surface area contributed by atoms with Gasteiger partial charge in [-0.05, 0) is 29.8 Å². The number of halogens is 1. The van der Waals surface area contributed by atoms with Crippen molar-refractivity contribution < 1.29 is 14.3 Å². The third-order valence-corrected chi connectivity index (χ3v) is 4.66. The highest BCUT2D eigenvalue weighted by Crippen LogP contribution is 2.21. The summed E-state index contributed by atoms with van der Waals surface area (Å²) in [4.78, 5) is 30.6. The zero-order valence-electron chi connectivity index (χ0n) is 15.7. The van der Waals surface area contributed by atoms with Crippen molar-refractivity contribution in [3.63, 3.8) is 0 Å². The number of nitrogens with zero attached hydrogens (tertiary/aromatic N) is 2. The summed E-state index contributed by atoms with van der Waals surface area (Å²) >= 11 is 5.92. The molecule has 0 radical (unpaired) electrons. The van der Waals surface area contributed by atoms with E-state index in [4.69, 9.17) is 16.3 Å². The van der Waals surface area contributed by atoms with E-state index in [2.05, 4.69) is 20.5 Å². The molecule has 0 saturated carbocycles. The summed E-state index contributed by atoms with van der Waals surface area (Å²) in [7, 11) is 0. The Hall–Kier alpha value is -2.64. The minimum Gasteiger partial charge on any atom is -0.378 e. The van der Waals surface area contributed by atoms with Crippen LogP contribution in [0.3, 0.4) is 0 Å². The van der Waals surface area contributed by atoms with Gasteiger partial charge < -0.3 is 20.3 Å². The maximum atomic E-state index is 12.5. The minimum atomic E-state index is -0.435. The van der Waals surface area contributed by atoms with E-state index >= 15 is 0 Å². The van der Waals surface area contributed by atoms with Crippen LogP contribution in [-0.2, 0) is 14.3 Å². The molecule has 2 amide bonds. The van der Waals surface area contributed by atoms with E-state index in [-0.39, 0.29) is 18.2 Å². The number of pyridine rings is 1. The van der Waals surface area contributed by atoms with Gasteiger partial charge in [0.15, 0.2) is 0 Å². The van der Waals surface area contributed by atoms with Gasteiger partial charge in [-0.15, -0.1) is 0 Å². The van der Waals surface area contributed by atoms with Crippen molar-refractivity contribution in [3.8, 4) is 0 Å². The van der Waals surface area contributed by atoms with Crippen molar-refractivity contribution in [2.45, 2.75) is 19.4 Å². The lowest BCUT2D eigenvalue weighted by molar-refractivity contribution is -0.120. The molecule has 148 valence electrons. The molecule has 1 unspecified atom stereocenters. The lowest BCUT2D eigenvalue weighted by Gasteiger charge is -2.27. The molecule has 1 aliphatic heterocycles. The fourth-order valence-corrected chi connectivity index (χ4v) is 3.16. The Morgan fingerprint density at radius 3 is 2.50 bits per heavy atom. The van der Waals surface area contributed by atoms with Gasteiger partial charge in [-0.3, -0.25) is 9.59 Å². The molecule has 2 heterocycles. The van der Waals surface area contributed by atoms with E-state index in [0.717, 1.165) is 24.5 Å². The van der Waals surface area contributed by atoms with Gasteiger partial charge >= 0.3 is 0 Å². The Labute approximate surface area is 169 Å². The highest BCUT2D eigenvalue weighted by atomic mass is 35.5. The molecule has 1 saturated heterocycles. The third kappa shape index (κ3) is 5.68. The topological polar surface area (TPSA) is 83.6 Å². The molecule has 7 nitrogen and oxygen atoms in total. The van der Waals surface area contributed by atoms with E-state index in [1.54, 1.807) is 30.5 Å². The number of amides is 2. The van der Waals surface area contributed by atoms with Crippen molar-refractivity contribution in [2.75, 3.05) is 36.5 Å². The molecule has 3 rings (SSSR count). The van der Waals surface area contributed by atoms with Crippen molar-refractivity contribution in [3.05, 3.63) is 53.2 Å². The first-order valence-electron chi connectivity index (χ1n) is 9.12. The van der Waals surface area contributed by atoms with E-state index in [1.165, 1.54) is 6.92 Å². The maximum Gasteiger partial charge on any atom is 0.226 e. The first kappa shape index (κ1) is 20.1. The van der Waals surface area contributed by atoms with Gasteiger partial charge in [0.2, 0.25) is 11.8 Å². The molecule has 2 N–H and O–H groups in total. The number of anilines is 2. The van der Waals surface area contributed by atoms with Crippen LogP contribution in [0.25, 0.3) is 0 Å². The molecule has 1 aromatic heterocycles. The van der Waals surface area contributed by atoms with Crippen molar-refractivity contribution in [1.29, 1.82) is 0 Å². The number of carbonyl (C=O) groups is 2. The largest absolute Gasteiger partial charge is 0.378 e. The number of ether oxygens (including phenoxy) is 1. The molecule has 0 aliphatic carbocycles. The zero-order chi connectivity index (χ0) is 19.9. The van der Waals surface area contributed by atoms with Crippen LogP contribution in [0.4, 0.5) is 11.5 Å². The van der Waals surface area contributed by atoms with E-state index in [1.807, 2.05) is 12.1 Å². The number of benzene rings is 1. The number of hydrogen-bond acceptors (Lipinski definition) is 5. The maximum absolute atomic E-state index is 12.5. The fourth-order valence-electron chi connectivity index (χ4n) is 3.03. The SMILES string of the molecule is CC(=O)NC(CC(=O)Nc1ccc(N2CCOCC2)nc1)c1ccc(Cl)cc1. The van der Waals surface area contributed by atoms with Crippen LogP contribution in [0, 0.1) is 0 Å².